The van der Waals surface area contributed by atoms with Gasteiger partial charge < -0.3 is 4.74 Å². The predicted molar refractivity (Wildman–Crippen MR) is 114 cm³/mol. The summed E-state index contributed by atoms with van der Waals surface area (Å²) in [5.74, 6) is -0.209. The molecule has 1 nitrogen and oxygen atoms in total. The molecule has 0 spiro atoms. The molecule has 0 N–H and O–H groups in total. The van der Waals surface area contributed by atoms with Gasteiger partial charge in [-0.25, -0.2) is 4.39 Å². The largest absolute Gasteiger partial charge is 0.373 e. The maximum atomic E-state index is 14.3. The highest BCUT2D eigenvalue weighted by Gasteiger charge is 2.40. The lowest BCUT2D eigenvalue weighted by molar-refractivity contribution is -0.0884. The van der Waals surface area contributed by atoms with Gasteiger partial charge in [0.2, 0.25) is 0 Å². The molecule has 0 heterocycles. The van der Waals surface area contributed by atoms with E-state index in [4.69, 9.17) is 4.74 Å². The smallest absolute Gasteiger partial charge is 0.142 e. The fraction of sp³-hybridized carbons (Fsp3) is 0.739. The van der Waals surface area contributed by atoms with Crippen LogP contribution in [0.1, 0.15) is 92.1 Å². The fourth-order valence-electron chi connectivity index (χ4n) is 3.10. The van der Waals surface area contributed by atoms with Gasteiger partial charge in [0.25, 0.3) is 0 Å². The van der Waals surface area contributed by atoms with E-state index in [2.05, 4.69) is 57.5 Å². The summed E-state index contributed by atoms with van der Waals surface area (Å²) >= 11 is 3.27. The first-order valence-electron chi connectivity index (χ1n) is 10.2. The van der Waals surface area contributed by atoms with E-state index in [1.165, 1.54) is 38.5 Å². The molecule has 0 saturated carbocycles. The average molecular weight is 429 g/mol. The molecule has 3 heteroatoms. The van der Waals surface area contributed by atoms with Crippen LogP contribution in [0.4, 0.5) is 4.39 Å². The molecule has 1 unspecified atom stereocenters. The molecule has 0 aliphatic heterocycles. The first-order valence-corrected chi connectivity index (χ1v) is 10.9. The molecule has 0 aliphatic rings. The molecule has 0 amide bonds. The van der Waals surface area contributed by atoms with Crippen LogP contribution in [0.2, 0.25) is 0 Å². The zero-order valence-corrected chi connectivity index (χ0v) is 19.2. The van der Waals surface area contributed by atoms with E-state index in [9.17, 15) is 4.39 Å². The van der Waals surface area contributed by atoms with E-state index in [1.54, 1.807) is 6.07 Å². The van der Waals surface area contributed by atoms with E-state index in [0.717, 1.165) is 6.42 Å². The Bertz CT molecular complexity index is 533. The Morgan fingerprint density at radius 3 is 2.23 bits per heavy atom. The minimum absolute atomic E-state index is 0.0128. The minimum atomic E-state index is -0.209. The predicted octanol–water partition coefficient (Wildman–Crippen LogP) is 8.30. The molecule has 0 radical (unpaired) electrons. The van der Waals surface area contributed by atoms with Crippen molar-refractivity contribution in [3.63, 3.8) is 0 Å². The van der Waals surface area contributed by atoms with Crippen molar-refractivity contribution in [1.29, 1.82) is 0 Å². The summed E-state index contributed by atoms with van der Waals surface area (Å²) in [6, 6.07) is 5.40. The molecule has 26 heavy (non-hydrogen) atoms. The van der Waals surface area contributed by atoms with Gasteiger partial charge in [-0.1, -0.05) is 92.2 Å². The molecule has 0 aliphatic carbocycles. The summed E-state index contributed by atoms with van der Waals surface area (Å²) in [6.45, 7) is 13.9. The third-order valence-electron chi connectivity index (χ3n) is 6.03. The summed E-state index contributed by atoms with van der Waals surface area (Å²) in [4.78, 5) is 0. The van der Waals surface area contributed by atoms with Gasteiger partial charge in [-0.3, -0.25) is 0 Å². The Kier molecular flexibility index (Phi) is 9.82. The van der Waals surface area contributed by atoms with Crippen molar-refractivity contribution in [2.24, 2.45) is 10.8 Å². The second-order valence-corrected chi connectivity index (χ2v) is 9.90. The zero-order valence-electron chi connectivity index (χ0n) is 17.6. The Hall–Kier alpha value is -0.410. The first kappa shape index (κ1) is 23.6. The van der Waals surface area contributed by atoms with Gasteiger partial charge in [0, 0.05) is 5.56 Å². The molecular weight excluding hydrogens is 391 g/mol. The van der Waals surface area contributed by atoms with Crippen molar-refractivity contribution in [3.05, 3.63) is 34.1 Å². The van der Waals surface area contributed by atoms with Crippen LogP contribution in [-0.2, 0) is 11.3 Å². The summed E-state index contributed by atoms with van der Waals surface area (Å²) in [5, 5.41) is 0. The third kappa shape index (κ3) is 6.96. The second kappa shape index (κ2) is 10.8. The van der Waals surface area contributed by atoms with E-state index < -0.39 is 0 Å². The Morgan fingerprint density at radius 2 is 1.62 bits per heavy atom. The maximum Gasteiger partial charge on any atom is 0.142 e. The maximum absolute atomic E-state index is 14.3. The quantitative estimate of drug-likeness (QED) is 0.322. The molecule has 0 bridgehead atoms. The molecule has 0 aromatic heterocycles. The lowest BCUT2D eigenvalue weighted by atomic mass is 9.65. The van der Waals surface area contributed by atoms with Crippen molar-refractivity contribution in [2.45, 2.75) is 99.2 Å². The molecule has 0 saturated heterocycles. The molecule has 1 aromatic rings. The van der Waals surface area contributed by atoms with E-state index in [1.807, 2.05) is 12.1 Å². The number of hydrogen-bond donors (Lipinski definition) is 0. The summed E-state index contributed by atoms with van der Waals surface area (Å²) < 4.78 is 21.1. The third-order valence-corrected chi connectivity index (χ3v) is 6.64. The second-order valence-electron chi connectivity index (χ2n) is 9.04. The van der Waals surface area contributed by atoms with Gasteiger partial charge in [-0.05, 0) is 39.2 Å². The van der Waals surface area contributed by atoms with Gasteiger partial charge in [0.1, 0.15) is 5.82 Å². The summed E-state index contributed by atoms with van der Waals surface area (Å²) in [7, 11) is 0. The lowest BCUT2D eigenvalue weighted by Crippen LogP contribution is -2.42. The van der Waals surface area contributed by atoms with Gasteiger partial charge >= 0.3 is 0 Å². The van der Waals surface area contributed by atoms with Crippen LogP contribution in [0, 0.1) is 16.6 Å². The lowest BCUT2D eigenvalue weighted by Gasteiger charge is -2.45. The van der Waals surface area contributed by atoms with Crippen LogP contribution >= 0.6 is 15.9 Å². The highest BCUT2D eigenvalue weighted by Crippen LogP contribution is 2.44. The van der Waals surface area contributed by atoms with Crippen molar-refractivity contribution in [1.82, 2.24) is 0 Å². The van der Waals surface area contributed by atoms with Crippen LogP contribution in [0.3, 0.4) is 0 Å². The van der Waals surface area contributed by atoms with Gasteiger partial charge in [0.05, 0.1) is 17.2 Å². The van der Waals surface area contributed by atoms with Crippen molar-refractivity contribution in [3.8, 4) is 0 Å². The van der Waals surface area contributed by atoms with E-state index >= 15 is 0 Å². The zero-order chi connectivity index (χ0) is 19.8. The van der Waals surface area contributed by atoms with Crippen LogP contribution in [0.25, 0.3) is 0 Å². The molecule has 1 rings (SSSR count). The SMILES string of the molecule is CCCCCCCCC(OCc1cccc(Br)c1F)C(C)(C)C(C)(C)C. The number of halogens is 2. The molecule has 0 fully saturated rings. The number of hydrogen-bond acceptors (Lipinski definition) is 1. The number of ether oxygens (including phenoxy) is 1. The highest BCUT2D eigenvalue weighted by molar-refractivity contribution is 9.10. The molecule has 150 valence electrons. The Balaban J connectivity index is 2.73. The number of unbranched alkanes of at least 4 members (excludes halogenated alkanes) is 5. The normalized spacial score (nSPS) is 13.8. The minimum Gasteiger partial charge on any atom is -0.373 e. The van der Waals surface area contributed by atoms with Crippen LogP contribution in [-0.4, -0.2) is 6.10 Å². The highest BCUT2D eigenvalue weighted by atomic mass is 79.9. The van der Waals surface area contributed by atoms with Crippen molar-refractivity contribution >= 4 is 15.9 Å². The monoisotopic (exact) mass is 428 g/mol. The van der Waals surface area contributed by atoms with Crippen LogP contribution < -0.4 is 0 Å². The standard InChI is InChI=1S/C23H38BrFO/c1-7-8-9-10-11-12-16-20(23(5,6)22(2,3)4)26-17-18-14-13-15-19(24)21(18)25/h13-15,20H,7-12,16-17H2,1-6H3. The molecule has 1 aromatic carbocycles. The van der Waals surface area contributed by atoms with Crippen LogP contribution in [0.15, 0.2) is 22.7 Å². The first-order chi connectivity index (χ1) is 12.1. The van der Waals surface area contributed by atoms with Crippen molar-refractivity contribution < 1.29 is 9.13 Å². The Labute approximate surface area is 169 Å². The van der Waals surface area contributed by atoms with Gasteiger partial charge in [-0.2, -0.15) is 0 Å². The topological polar surface area (TPSA) is 9.23 Å². The summed E-state index contributed by atoms with van der Waals surface area (Å²) in [6.07, 6.45) is 8.82. The van der Waals surface area contributed by atoms with E-state index in [0.29, 0.717) is 16.6 Å². The van der Waals surface area contributed by atoms with Crippen molar-refractivity contribution in [2.75, 3.05) is 0 Å². The Morgan fingerprint density at radius 1 is 1.00 bits per heavy atom. The summed E-state index contributed by atoms with van der Waals surface area (Å²) in [5.41, 5.74) is 0.756. The molecular formula is C23H38BrFO. The van der Waals surface area contributed by atoms with E-state index in [-0.39, 0.29) is 22.8 Å². The van der Waals surface area contributed by atoms with Gasteiger partial charge in [-0.15, -0.1) is 0 Å². The van der Waals surface area contributed by atoms with Crippen LogP contribution in [0.5, 0.6) is 0 Å². The van der Waals surface area contributed by atoms with Gasteiger partial charge in [0.15, 0.2) is 0 Å². The number of benzene rings is 1. The number of rotatable bonds is 11. The fourth-order valence-corrected chi connectivity index (χ4v) is 3.50. The average Bonchev–Trinajstić information content (AvgIpc) is 2.55. The molecule has 1 atom stereocenters.